The molecule has 1 aromatic rings. The lowest BCUT2D eigenvalue weighted by Crippen LogP contribution is -2.19. The van der Waals surface area contributed by atoms with Crippen LogP contribution in [0, 0.1) is 0 Å². The third kappa shape index (κ3) is 2.19. The molecule has 2 rings (SSSR count). The van der Waals surface area contributed by atoms with Crippen molar-refractivity contribution in [1.82, 2.24) is 0 Å². The fourth-order valence-corrected chi connectivity index (χ4v) is 2.22. The number of hydrogen-bond acceptors (Lipinski definition) is 2. The van der Waals surface area contributed by atoms with E-state index < -0.39 is 23.0 Å². The van der Waals surface area contributed by atoms with Crippen molar-refractivity contribution in [2.24, 2.45) is 0 Å². The van der Waals surface area contributed by atoms with Gasteiger partial charge in [-0.3, -0.25) is 8.49 Å². The van der Waals surface area contributed by atoms with Crippen LogP contribution in [0.3, 0.4) is 0 Å². The van der Waals surface area contributed by atoms with Crippen molar-refractivity contribution in [2.75, 3.05) is 17.5 Å². The highest BCUT2D eigenvalue weighted by atomic mass is 32.2. The van der Waals surface area contributed by atoms with Crippen molar-refractivity contribution < 1.29 is 21.6 Å². The highest BCUT2D eigenvalue weighted by Gasteiger charge is 2.30. The minimum Gasteiger partial charge on any atom is -0.272 e. The average Bonchev–Trinajstić information content (AvgIpc) is 2.63. The fourth-order valence-electron chi connectivity index (χ4n) is 1.36. The molecule has 1 atom stereocenters. The van der Waals surface area contributed by atoms with Gasteiger partial charge in [-0.05, 0) is 24.3 Å². The minimum absolute atomic E-state index is 0.313. The second-order valence-corrected chi connectivity index (χ2v) is 4.30. The monoisotopic (exact) mass is 251 g/mol. The van der Waals surface area contributed by atoms with E-state index in [1.807, 2.05) is 0 Å². The van der Waals surface area contributed by atoms with Crippen LogP contribution in [0.5, 0.6) is 0 Å². The van der Waals surface area contributed by atoms with Gasteiger partial charge < -0.3 is 0 Å². The third-order valence-electron chi connectivity index (χ3n) is 2.14. The van der Waals surface area contributed by atoms with Crippen molar-refractivity contribution in [3.63, 3.8) is 0 Å². The Kier molecular flexibility index (Phi) is 2.90. The summed E-state index contributed by atoms with van der Waals surface area (Å²) < 4.78 is 54.3. The summed E-state index contributed by atoms with van der Waals surface area (Å²) in [6.45, 7) is 0.728. The molecule has 1 saturated heterocycles. The highest BCUT2D eigenvalue weighted by Crippen LogP contribution is 2.31. The minimum atomic E-state index is -4.35. The molecule has 7 heteroatoms. The number of anilines is 1. The van der Waals surface area contributed by atoms with Crippen LogP contribution in [0.15, 0.2) is 24.3 Å². The molecular formula is C9H8F3NO2S. The normalized spacial score (nSPS) is 21.4. The molecule has 3 nitrogen and oxygen atoms in total. The topological polar surface area (TPSA) is 29.5 Å². The first-order valence-corrected chi connectivity index (χ1v) is 5.51. The molecule has 0 aliphatic carbocycles. The van der Waals surface area contributed by atoms with E-state index in [0.717, 1.165) is 12.1 Å². The van der Waals surface area contributed by atoms with Gasteiger partial charge in [-0.1, -0.05) is 0 Å². The molecule has 16 heavy (non-hydrogen) atoms. The second kappa shape index (κ2) is 4.06. The van der Waals surface area contributed by atoms with Gasteiger partial charge in [0, 0.05) is 0 Å². The zero-order valence-corrected chi connectivity index (χ0v) is 8.85. The fraction of sp³-hybridized carbons (Fsp3) is 0.333. The Balaban J connectivity index is 2.22. The predicted molar refractivity (Wildman–Crippen MR) is 52.9 cm³/mol. The van der Waals surface area contributed by atoms with E-state index in [-0.39, 0.29) is 0 Å². The van der Waals surface area contributed by atoms with Crippen LogP contribution in [-0.2, 0) is 21.6 Å². The molecule has 1 heterocycles. The third-order valence-corrected chi connectivity index (χ3v) is 3.26. The van der Waals surface area contributed by atoms with Crippen molar-refractivity contribution in [2.45, 2.75) is 6.18 Å². The molecule has 88 valence electrons. The lowest BCUT2D eigenvalue weighted by Gasteiger charge is -2.14. The van der Waals surface area contributed by atoms with Crippen LogP contribution in [0.2, 0.25) is 0 Å². The lowest BCUT2D eigenvalue weighted by atomic mass is 10.2. The van der Waals surface area contributed by atoms with Gasteiger partial charge in [0.1, 0.15) is 0 Å². The maximum absolute atomic E-state index is 12.3. The summed E-state index contributed by atoms with van der Waals surface area (Å²) in [7, 11) is 0. The summed E-state index contributed by atoms with van der Waals surface area (Å²) in [6, 6.07) is 4.50. The number of hydrogen-bond donors (Lipinski definition) is 0. The Morgan fingerprint density at radius 2 is 1.88 bits per heavy atom. The standard InChI is InChI=1S/C9H8F3NO2S/c10-9(11,12)7-1-3-8(4-2-7)13-5-6-15-16(13)14/h1-4H,5-6H2. The van der Waals surface area contributed by atoms with Crippen molar-refractivity contribution in [3.05, 3.63) is 29.8 Å². The molecule has 0 saturated carbocycles. The van der Waals surface area contributed by atoms with Gasteiger partial charge in [0.15, 0.2) is 0 Å². The van der Waals surface area contributed by atoms with Gasteiger partial charge in [0.05, 0.1) is 24.4 Å². The number of nitrogens with zero attached hydrogens (tertiary/aromatic N) is 1. The van der Waals surface area contributed by atoms with E-state index in [1.165, 1.54) is 16.4 Å². The SMILES string of the molecule is O=S1OCCN1c1ccc(C(F)(F)F)cc1. The van der Waals surface area contributed by atoms with E-state index in [1.54, 1.807) is 0 Å². The summed E-state index contributed by atoms with van der Waals surface area (Å²) in [5.74, 6) is 0. The Bertz CT molecular complexity index is 404. The van der Waals surface area contributed by atoms with Crippen LogP contribution >= 0.6 is 0 Å². The molecule has 0 spiro atoms. The number of alkyl halides is 3. The molecule has 1 fully saturated rings. The molecule has 1 aliphatic heterocycles. The van der Waals surface area contributed by atoms with Gasteiger partial charge in [0.2, 0.25) is 0 Å². The Morgan fingerprint density at radius 1 is 1.25 bits per heavy atom. The molecular weight excluding hydrogens is 243 g/mol. The van der Waals surface area contributed by atoms with Crippen LogP contribution in [-0.4, -0.2) is 17.4 Å². The predicted octanol–water partition coefficient (Wildman–Crippen LogP) is 2.12. The van der Waals surface area contributed by atoms with Crippen LogP contribution < -0.4 is 4.31 Å². The zero-order valence-electron chi connectivity index (χ0n) is 8.03. The van der Waals surface area contributed by atoms with Crippen molar-refractivity contribution in [3.8, 4) is 0 Å². The van der Waals surface area contributed by atoms with Gasteiger partial charge in [-0.25, -0.2) is 4.21 Å². The Hall–Kier alpha value is -1.08. The van der Waals surface area contributed by atoms with E-state index >= 15 is 0 Å². The first-order chi connectivity index (χ1) is 7.48. The Morgan fingerprint density at radius 3 is 2.31 bits per heavy atom. The lowest BCUT2D eigenvalue weighted by molar-refractivity contribution is -0.137. The molecule has 0 N–H and O–H groups in total. The zero-order chi connectivity index (χ0) is 11.8. The summed E-state index contributed by atoms with van der Waals surface area (Å²) in [5.41, 5.74) is -0.258. The number of halogens is 3. The first-order valence-electron chi connectivity index (χ1n) is 4.48. The molecule has 1 aliphatic rings. The number of benzene rings is 1. The molecule has 1 aromatic carbocycles. The smallest absolute Gasteiger partial charge is 0.272 e. The quantitative estimate of drug-likeness (QED) is 0.765. The van der Waals surface area contributed by atoms with Gasteiger partial charge in [-0.2, -0.15) is 13.2 Å². The largest absolute Gasteiger partial charge is 0.416 e. The van der Waals surface area contributed by atoms with E-state index in [9.17, 15) is 17.4 Å². The molecule has 0 aromatic heterocycles. The van der Waals surface area contributed by atoms with E-state index in [4.69, 9.17) is 4.18 Å². The Labute approximate surface area is 92.6 Å². The highest BCUT2D eigenvalue weighted by molar-refractivity contribution is 7.82. The second-order valence-electron chi connectivity index (χ2n) is 3.19. The van der Waals surface area contributed by atoms with E-state index in [0.29, 0.717) is 18.8 Å². The molecule has 0 amide bonds. The summed E-state index contributed by atoms with van der Waals surface area (Å²) in [4.78, 5) is 0. The first kappa shape index (κ1) is 11.4. The molecule has 0 bridgehead atoms. The summed E-state index contributed by atoms with van der Waals surface area (Å²) >= 11 is -1.59. The van der Waals surface area contributed by atoms with Crippen molar-refractivity contribution in [1.29, 1.82) is 0 Å². The summed E-state index contributed by atoms with van der Waals surface area (Å²) in [6.07, 6.45) is -4.35. The maximum Gasteiger partial charge on any atom is 0.416 e. The van der Waals surface area contributed by atoms with Crippen LogP contribution in [0.1, 0.15) is 5.56 Å². The van der Waals surface area contributed by atoms with E-state index in [2.05, 4.69) is 0 Å². The van der Waals surface area contributed by atoms with Gasteiger partial charge >= 0.3 is 6.18 Å². The molecule has 1 unspecified atom stereocenters. The summed E-state index contributed by atoms with van der Waals surface area (Å²) in [5, 5.41) is 0. The average molecular weight is 251 g/mol. The number of rotatable bonds is 1. The molecule has 0 radical (unpaired) electrons. The van der Waals surface area contributed by atoms with Crippen LogP contribution in [0.25, 0.3) is 0 Å². The van der Waals surface area contributed by atoms with Gasteiger partial charge in [-0.15, -0.1) is 0 Å². The van der Waals surface area contributed by atoms with Crippen molar-refractivity contribution >= 4 is 17.0 Å². The van der Waals surface area contributed by atoms with Crippen LogP contribution in [0.4, 0.5) is 18.9 Å². The van der Waals surface area contributed by atoms with Gasteiger partial charge in [0.25, 0.3) is 11.3 Å². The maximum atomic E-state index is 12.3.